The molecule has 1 aliphatic heterocycles. The summed E-state index contributed by atoms with van der Waals surface area (Å²) in [4.78, 5) is 36.8. The Morgan fingerprint density at radius 3 is 2.73 bits per heavy atom. The summed E-state index contributed by atoms with van der Waals surface area (Å²) in [7, 11) is 0. The average molecular weight is 381 g/mol. The van der Waals surface area contributed by atoms with Crippen LogP contribution in [0.5, 0.6) is 0 Å². The molecule has 1 aliphatic carbocycles. The van der Waals surface area contributed by atoms with Gasteiger partial charge >= 0.3 is 5.97 Å². The van der Waals surface area contributed by atoms with E-state index in [4.69, 9.17) is 16.3 Å². The maximum absolute atomic E-state index is 12.5. The van der Waals surface area contributed by atoms with E-state index in [0.717, 1.165) is 38.2 Å². The van der Waals surface area contributed by atoms with Crippen molar-refractivity contribution in [1.82, 2.24) is 4.90 Å². The Bertz CT molecular complexity index is 722. The standard InChI is InChI=1S/C18H21ClN2O5/c19-14-8-7-13(10-16(14)21(24)25)18(23)26-11-17(22)20-9-3-5-12-4-1-2-6-15(12)20/h7-8,10,12,15H,1-6,9,11H2/t12-,15+/m0/s1. The Morgan fingerprint density at radius 2 is 1.96 bits per heavy atom. The first-order valence-corrected chi connectivity index (χ1v) is 9.25. The monoisotopic (exact) mass is 380 g/mol. The van der Waals surface area contributed by atoms with Crippen molar-refractivity contribution >= 4 is 29.2 Å². The van der Waals surface area contributed by atoms with Crippen molar-refractivity contribution < 1.29 is 19.2 Å². The number of carbonyl (C=O) groups excluding carboxylic acids is 2. The Kier molecular flexibility index (Phi) is 5.76. The second-order valence-corrected chi connectivity index (χ2v) is 7.25. The van der Waals surface area contributed by atoms with Gasteiger partial charge in [-0.1, -0.05) is 24.4 Å². The van der Waals surface area contributed by atoms with Crippen molar-refractivity contribution in [3.8, 4) is 0 Å². The van der Waals surface area contributed by atoms with Crippen LogP contribution < -0.4 is 0 Å². The van der Waals surface area contributed by atoms with Crippen LogP contribution in [-0.2, 0) is 9.53 Å². The van der Waals surface area contributed by atoms with E-state index in [1.54, 1.807) is 0 Å². The van der Waals surface area contributed by atoms with Gasteiger partial charge < -0.3 is 9.64 Å². The molecular formula is C18H21ClN2O5. The zero-order valence-electron chi connectivity index (χ0n) is 14.4. The van der Waals surface area contributed by atoms with Crippen molar-refractivity contribution in [2.24, 2.45) is 5.92 Å². The Morgan fingerprint density at radius 1 is 1.23 bits per heavy atom. The predicted octanol–water partition coefficient (Wildman–Crippen LogP) is 3.59. The van der Waals surface area contributed by atoms with Gasteiger partial charge in [0.05, 0.1) is 10.5 Å². The molecule has 0 aromatic heterocycles. The van der Waals surface area contributed by atoms with Gasteiger partial charge in [0, 0.05) is 18.7 Å². The van der Waals surface area contributed by atoms with Crippen molar-refractivity contribution in [1.29, 1.82) is 0 Å². The molecule has 1 saturated carbocycles. The van der Waals surface area contributed by atoms with Gasteiger partial charge in [-0.3, -0.25) is 14.9 Å². The van der Waals surface area contributed by atoms with Crippen LogP contribution in [0.2, 0.25) is 5.02 Å². The number of esters is 1. The number of fused-ring (bicyclic) bond motifs is 1. The van der Waals surface area contributed by atoms with E-state index >= 15 is 0 Å². The number of nitrogens with zero attached hydrogens (tertiary/aromatic N) is 2. The van der Waals surface area contributed by atoms with Crippen molar-refractivity contribution in [2.45, 2.75) is 44.6 Å². The number of hydrogen-bond donors (Lipinski definition) is 0. The molecule has 1 aromatic carbocycles. The van der Waals surface area contributed by atoms with Crippen LogP contribution in [-0.4, -0.2) is 40.9 Å². The highest BCUT2D eigenvalue weighted by atomic mass is 35.5. The van der Waals surface area contributed by atoms with Gasteiger partial charge in [0.2, 0.25) is 0 Å². The van der Waals surface area contributed by atoms with Crippen LogP contribution in [0.15, 0.2) is 18.2 Å². The third-order valence-corrected chi connectivity index (χ3v) is 5.59. The maximum Gasteiger partial charge on any atom is 0.338 e. The number of carbonyl (C=O) groups is 2. The Labute approximate surface area is 156 Å². The molecule has 26 heavy (non-hydrogen) atoms. The van der Waals surface area contributed by atoms with E-state index in [1.165, 1.54) is 18.6 Å². The number of nitro benzene ring substituents is 1. The third kappa shape index (κ3) is 3.98. The van der Waals surface area contributed by atoms with Crippen molar-refractivity contribution in [3.05, 3.63) is 38.9 Å². The molecule has 0 radical (unpaired) electrons. The van der Waals surface area contributed by atoms with E-state index in [1.807, 2.05) is 4.90 Å². The van der Waals surface area contributed by atoms with Crippen molar-refractivity contribution in [2.75, 3.05) is 13.2 Å². The number of hydrogen-bond acceptors (Lipinski definition) is 5. The summed E-state index contributed by atoms with van der Waals surface area (Å²) in [6, 6.07) is 3.93. The summed E-state index contributed by atoms with van der Waals surface area (Å²) in [5.74, 6) is -0.412. The fourth-order valence-corrected chi connectivity index (χ4v) is 4.19. The lowest BCUT2D eigenvalue weighted by Gasteiger charge is -2.44. The number of piperidine rings is 1. The average Bonchev–Trinajstić information content (AvgIpc) is 2.65. The third-order valence-electron chi connectivity index (χ3n) is 5.27. The predicted molar refractivity (Wildman–Crippen MR) is 95.1 cm³/mol. The number of nitro groups is 1. The molecule has 1 saturated heterocycles. The summed E-state index contributed by atoms with van der Waals surface area (Å²) in [6.07, 6.45) is 6.63. The van der Waals surface area contributed by atoms with E-state index in [2.05, 4.69) is 0 Å². The lowest BCUT2D eigenvalue weighted by molar-refractivity contribution is -0.384. The lowest BCUT2D eigenvalue weighted by atomic mass is 9.78. The van der Waals surface area contributed by atoms with E-state index in [9.17, 15) is 19.7 Å². The largest absolute Gasteiger partial charge is 0.452 e. The fourth-order valence-electron chi connectivity index (χ4n) is 4.01. The van der Waals surface area contributed by atoms with Gasteiger partial charge in [0.15, 0.2) is 6.61 Å². The second-order valence-electron chi connectivity index (χ2n) is 6.84. The van der Waals surface area contributed by atoms with Crippen LogP contribution in [0.4, 0.5) is 5.69 Å². The van der Waals surface area contributed by atoms with E-state index < -0.39 is 10.9 Å². The summed E-state index contributed by atoms with van der Waals surface area (Å²) < 4.78 is 5.10. The molecule has 7 nitrogen and oxygen atoms in total. The molecule has 1 aromatic rings. The van der Waals surface area contributed by atoms with Crippen LogP contribution in [0.3, 0.4) is 0 Å². The zero-order valence-corrected chi connectivity index (χ0v) is 15.1. The molecule has 3 rings (SSSR count). The molecule has 1 heterocycles. The molecule has 8 heteroatoms. The molecule has 0 spiro atoms. The van der Waals surface area contributed by atoms with Crippen LogP contribution in [0, 0.1) is 16.0 Å². The Balaban J connectivity index is 1.61. The van der Waals surface area contributed by atoms with Gasteiger partial charge in [0.25, 0.3) is 11.6 Å². The summed E-state index contributed by atoms with van der Waals surface area (Å²) in [5.41, 5.74) is -0.364. The van der Waals surface area contributed by atoms with Gasteiger partial charge in [-0.05, 0) is 43.7 Å². The maximum atomic E-state index is 12.5. The highest BCUT2D eigenvalue weighted by molar-refractivity contribution is 6.32. The van der Waals surface area contributed by atoms with Crippen LogP contribution in [0.1, 0.15) is 48.9 Å². The number of likely N-dealkylation sites (tertiary alicyclic amines) is 1. The summed E-state index contributed by atoms with van der Waals surface area (Å²) in [6.45, 7) is 0.350. The number of amides is 1. The molecule has 0 unspecified atom stereocenters. The van der Waals surface area contributed by atoms with Gasteiger partial charge in [-0.2, -0.15) is 0 Å². The first-order valence-electron chi connectivity index (χ1n) is 8.88. The molecule has 0 bridgehead atoms. The number of rotatable bonds is 4. The van der Waals surface area contributed by atoms with E-state index in [-0.39, 0.29) is 34.8 Å². The topological polar surface area (TPSA) is 89.8 Å². The van der Waals surface area contributed by atoms with Gasteiger partial charge in [0.1, 0.15) is 5.02 Å². The SMILES string of the molecule is O=C(OCC(=O)N1CCC[C@@H]2CCCC[C@H]21)c1ccc(Cl)c([N+](=O)[O-])c1. The number of benzene rings is 1. The molecule has 140 valence electrons. The summed E-state index contributed by atoms with van der Waals surface area (Å²) >= 11 is 5.74. The molecule has 1 amide bonds. The molecule has 2 fully saturated rings. The van der Waals surface area contributed by atoms with Gasteiger partial charge in [-0.15, -0.1) is 0 Å². The molecule has 0 N–H and O–H groups in total. The van der Waals surface area contributed by atoms with Crippen LogP contribution in [0.25, 0.3) is 0 Å². The molecular weight excluding hydrogens is 360 g/mol. The smallest absolute Gasteiger partial charge is 0.338 e. The number of ether oxygens (including phenoxy) is 1. The first-order chi connectivity index (χ1) is 12.5. The molecule has 2 atom stereocenters. The highest BCUT2D eigenvalue weighted by Gasteiger charge is 2.35. The lowest BCUT2D eigenvalue weighted by Crippen LogP contribution is -2.50. The quantitative estimate of drug-likeness (QED) is 0.452. The first kappa shape index (κ1) is 18.6. The highest BCUT2D eigenvalue weighted by Crippen LogP contribution is 2.35. The van der Waals surface area contributed by atoms with Crippen LogP contribution >= 0.6 is 11.6 Å². The minimum Gasteiger partial charge on any atom is -0.452 e. The minimum atomic E-state index is -0.768. The Hall–Kier alpha value is -2.15. The van der Waals surface area contributed by atoms with Crippen molar-refractivity contribution in [3.63, 3.8) is 0 Å². The minimum absolute atomic E-state index is 0.00286. The fraction of sp³-hybridized carbons (Fsp3) is 0.556. The van der Waals surface area contributed by atoms with E-state index in [0.29, 0.717) is 12.5 Å². The number of halogens is 1. The van der Waals surface area contributed by atoms with Gasteiger partial charge in [-0.25, -0.2) is 4.79 Å². The normalized spacial score (nSPS) is 22.4. The summed E-state index contributed by atoms with van der Waals surface area (Å²) in [5, 5.41) is 10.9. The zero-order chi connectivity index (χ0) is 18.7. The molecule has 2 aliphatic rings. The second kappa shape index (κ2) is 8.03.